The number of hydrogen-bond acceptors (Lipinski definition) is 6. The molecule has 2 amide bonds. The Morgan fingerprint density at radius 1 is 1.40 bits per heavy atom. The van der Waals surface area contributed by atoms with Crippen LogP contribution in [0.25, 0.3) is 6.08 Å². The molecule has 0 aliphatic carbocycles. The third-order valence-corrected chi connectivity index (χ3v) is 6.66. The highest BCUT2D eigenvalue weighted by atomic mass is 32.1. The van der Waals surface area contributed by atoms with Gasteiger partial charge in [-0.1, -0.05) is 19.1 Å². The molecule has 2 aromatic rings. The molecule has 2 aliphatic heterocycles. The number of pyridine rings is 1. The number of anilines is 1. The molecular formula is C21H24N4O4S. The van der Waals surface area contributed by atoms with E-state index >= 15 is 0 Å². The van der Waals surface area contributed by atoms with E-state index < -0.39 is 18.0 Å². The molecule has 4 atom stereocenters. The molecule has 2 aromatic heterocycles. The summed E-state index contributed by atoms with van der Waals surface area (Å²) in [4.78, 5) is 44.7. The maximum absolute atomic E-state index is 13.1. The lowest BCUT2D eigenvalue weighted by Gasteiger charge is -2.30. The fourth-order valence-electron chi connectivity index (χ4n) is 4.74. The summed E-state index contributed by atoms with van der Waals surface area (Å²) in [5.74, 6) is -1.24. The highest BCUT2D eigenvalue weighted by Crippen LogP contribution is 2.49. The molecule has 0 aromatic carbocycles. The Hall–Kier alpha value is -2.78. The summed E-state index contributed by atoms with van der Waals surface area (Å²) in [6, 6.07) is 2.36. The van der Waals surface area contributed by atoms with Crippen molar-refractivity contribution in [2.24, 2.45) is 11.8 Å². The van der Waals surface area contributed by atoms with E-state index in [2.05, 4.69) is 10.3 Å². The summed E-state index contributed by atoms with van der Waals surface area (Å²) in [6.07, 6.45) is 5.38. The second-order valence-electron chi connectivity index (χ2n) is 7.51. The number of rotatable bonds is 5. The van der Waals surface area contributed by atoms with Crippen molar-refractivity contribution in [2.75, 3.05) is 11.9 Å². The van der Waals surface area contributed by atoms with E-state index in [0.717, 1.165) is 0 Å². The van der Waals surface area contributed by atoms with Gasteiger partial charge in [-0.05, 0) is 19.1 Å². The van der Waals surface area contributed by atoms with Gasteiger partial charge in [0, 0.05) is 54.2 Å². The first-order valence-corrected chi connectivity index (χ1v) is 10.9. The van der Waals surface area contributed by atoms with Gasteiger partial charge in [0.15, 0.2) is 5.13 Å². The van der Waals surface area contributed by atoms with Crippen molar-refractivity contribution in [3.8, 4) is 0 Å². The van der Waals surface area contributed by atoms with Gasteiger partial charge < -0.3 is 19.9 Å². The van der Waals surface area contributed by atoms with Gasteiger partial charge in [-0.25, -0.2) is 4.98 Å². The molecule has 158 valence electrons. The summed E-state index contributed by atoms with van der Waals surface area (Å²) < 4.78 is 1.68. The van der Waals surface area contributed by atoms with Crippen LogP contribution in [0.2, 0.25) is 0 Å². The number of carbonyl (C=O) groups excluding carboxylic acids is 2. The van der Waals surface area contributed by atoms with Crippen molar-refractivity contribution in [1.29, 1.82) is 0 Å². The molecular weight excluding hydrogens is 404 g/mol. The molecule has 2 N–H and O–H groups in total. The van der Waals surface area contributed by atoms with Crippen LogP contribution >= 0.6 is 11.3 Å². The Morgan fingerprint density at radius 3 is 2.83 bits per heavy atom. The van der Waals surface area contributed by atoms with Crippen molar-refractivity contribution in [1.82, 2.24) is 14.5 Å². The smallest absolute Gasteiger partial charge is 0.258 e. The first-order chi connectivity index (χ1) is 14.5. The zero-order chi connectivity index (χ0) is 21.4. The van der Waals surface area contributed by atoms with Gasteiger partial charge in [-0.2, -0.15) is 0 Å². The van der Waals surface area contributed by atoms with Crippen LogP contribution in [-0.2, 0) is 16.1 Å². The number of nitrogens with zero attached hydrogens (tertiary/aromatic N) is 3. The topological polar surface area (TPSA) is 105 Å². The van der Waals surface area contributed by atoms with Gasteiger partial charge in [0.25, 0.3) is 5.56 Å². The highest BCUT2D eigenvalue weighted by Gasteiger charge is 2.57. The number of fused-ring (bicyclic) bond motifs is 3. The van der Waals surface area contributed by atoms with Crippen LogP contribution in [0, 0.1) is 11.8 Å². The zero-order valence-electron chi connectivity index (χ0n) is 16.8. The highest BCUT2D eigenvalue weighted by molar-refractivity contribution is 7.13. The third kappa shape index (κ3) is 3.18. The Labute approximate surface area is 177 Å². The molecule has 1 fully saturated rings. The van der Waals surface area contributed by atoms with E-state index in [4.69, 9.17) is 0 Å². The van der Waals surface area contributed by atoms with Crippen LogP contribution in [-0.4, -0.2) is 44.0 Å². The van der Waals surface area contributed by atoms with Crippen molar-refractivity contribution >= 4 is 34.4 Å². The van der Waals surface area contributed by atoms with Crippen LogP contribution in [0.4, 0.5) is 5.13 Å². The second kappa shape index (κ2) is 8.16. The molecule has 4 rings (SSSR count). The predicted molar refractivity (Wildman–Crippen MR) is 114 cm³/mol. The van der Waals surface area contributed by atoms with Crippen molar-refractivity contribution in [2.45, 2.75) is 38.9 Å². The lowest BCUT2D eigenvalue weighted by molar-refractivity contribution is -0.139. The fourth-order valence-corrected chi connectivity index (χ4v) is 5.27. The van der Waals surface area contributed by atoms with Crippen molar-refractivity contribution in [3.63, 3.8) is 0 Å². The van der Waals surface area contributed by atoms with Crippen molar-refractivity contribution in [3.05, 3.63) is 51.4 Å². The maximum Gasteiger partial charge on any atom is 0.258 e. The molecule has 0 bridgehead atoms. The summed E-state index contributed by atoms with van der Waals surface area (Å²) in [5.41, 5.74) is 1.17. The Kier molecular flexibility index (Phi) is 5.57. The van der Waals surface area contributed by atoms with Crippen LogP contribution in [0.15, 0.2) is 34.6 Å². The number of thiazole rings is 1. The summed E-state index contributed by atoms with van der Waals surface area (Å²) in [6.45, 7) is 3.71. The third-order valence-electron chi connectivity index (χ3n) is 5.97. The molecule has 4 heterocycles. The van der Waals surface area contributed by atoms with Crippen LogP contribution in [0.5, 0.6) is 0 Å². The molecule has 0 unspecified atom stereocenters. The monoisotopic (exact) mass is 428 g/mol. The number of aliphatic hydroxyl groups excluding tert-OH is 1. The number of amides is 2. The normalized spacial score (nSPS) is 24.8. The first-order valence-electron chi connectivity index (χ1n) is 10.0. The van der Waals surface area contributed by atoms with E-state index in [0.29, 0.717) is 22.9 Å². The number of aliphatic hydroxyl groups is 1. The summed E-state index contributed by atoms with van der Waals surface area (Å²) in [5, 5.41) is 15.2. The molecule has 8 nitrogen and oxygen atoms in total. The lowest BCUT2D eigenvalue weighted by atomic mass is 9.88. The number of allylic oxidation sites excluding steroid dienone is 1. The average molecular weight is 429 g/mol. The average Bonchev–Trinajstić information content (AvgIpc) is 3.44. The van der Waals surface area contributed by atoms with E-state index in [1.54, 1.807) is 40.1 Å². The SMILES string of the molecule is C/C=C/c1ccc2n(c1=O)C[C@@H]1[C@@H](CO)[C@H](C(=O)Nc3nccs3)N(C(=O)CC)[C@H]21. The van der Waals surface area contributed by atoms with E-state index in [-0.39, 0.29) is 36.3 Å². The van der Waals surface area contributed by atoms with Gasteiger partial charge in [-0.15, -0.1) is 11.3 Å². The number of aromatic nitrogens is 2. The van der Waals surface area contributed by atoms with Gasteiger partial charge in [-0.3, -0.25) is 14.4 Å². The minimum Gasteiger partial charge on any atom is -0.396 e. The van der Waals surface area contributed by atoms with E-state index in [1.807, 2.05) is 19.1 Å². The van der Waals surface area contributed by atoms with Gasteiger partial charge in [0.2, 0.25) is 11.8 Å². The predicted octanol–water partition coefficient (Wildman–Crippen LogP) is 1.88. The molecule has 0 radical (unpaired) electrons. The first kappa shape index (κ1) is 20.5. The molecule has 0 spiro atoms. The minimum absolute atomic E-state index is 0.121. The van der Waals surface area contributed by atoms with Crippen molar-refractivity contribution < 1.29 is 14.7 Å². The molecule has 1 saturated heterocycles. The molecule has 30 heavy (non-hydrogen) atoms. The van der Waals surface area contributed by atoms with Crippen LogP contribution in [0.3, 0.4) is 0 Å². The maximum atomic E-state index is 13.1. The fraction of sp³-hybridized carbons (Fsp3) is 0.429. The second-order valence-corrected chi connectivity index (χ2v) is 8.40. The van der Waals surface area contributed by atoms with E-state index in [9.17, 15) is 19.5 Å². The summed E-state index contributed by atoms with van der Waals surface area (Å²) >= 11 is 1.29. The number of carbonyl (C=O) groups is 2. The quantitative estimate of drug-likeness (QED) is 0.757. The standard InChI is InChI=1S/C21H24N4O4S/c1-3-5-12-6-7-15-17-13(10-24(15)20(12)29)14(11-26)18(25(17)16(27)4-2)19(28)23-21-22-8-9-30-21/h3,5-9,13-14,17-18,26H,4,10-11H2,1-2H3,(H,22,23,28)/b5-3+/t13-,14-,17+,18-/m1/s1. The molecule has 9 heteroatoms. The molecule has 2 aliphatic rings. The van der Waals surface area contributed by atoms with Crippen LogP contribution < -0.4 is 10.9 Å². The Balaban J connectivity index is 1.77. The number of likely N-dealkylation sites (tertiary alicyclic amines) is 1. The summed E-state index contributed by atoms with van der Waals surface area (Å²) in [7, 11) is 0. The Bertz CT molecular complexity index is 1050. The lowest BCUT2D eigenvalue weighted by Crippen LogP contribution is -2.48. The molecule has 0 saturated carbocycles. The van der Waals surface area contributed by atoms with E-state index in [1.165, 1.54) is 11.3 Å². The van der Waals surface area contributed by atoms with Gasteiger partial charge in [0.05, 0.1) is 6.04 Å². The zero-order valence-corrected chi connectivity index (χ0v) is 17.6. The Morgan fingerprint density at radius 2 is 2.20 bits per heavy atom. The largest absolute Gasteiger partial charge is 0.396 e. The van der Waals surface area contributed by atoms with Gasteiger partial charge in [0.1, 0.15) is 6.04 Å². The van der Waals surface area contributed by atoms with Gasteiger partial charge >= 0.3 is 0 Å². The minimum atomic E-state index is -0.819. The van der Waals surface area contributed by atoms with Crippen LogP contribution in [0.1, 0.15) is 37.6 Å². The number of hydrogen-bond donors (Lipinski definition) is 2. The number of nitrogens with one attached hydrogen (secondary N) is 1.